The van der Waals surface area contributed by atoms with Gasteiger partial charge in [-0.1, -0.05) is 23.9 Å². The monoisotopic (exact) mass is 342 g/mol. The lowest BCUT2D eigenvalue weighted by molar-refractivity contribution is 0.276. The van der Waals surface area contributed by atoms with E-state index in [1.165, 1.54) is 4.70 Å². The van der Waals surface area contributed by atoms with Crippen molar-refractivity contribution in [2.45, 2.75) is 17.4 Å². The minimum Gasteiger partial charge on any atom is -0.390 e. The highest BCUT2D eigenvalue weighted by molar-refractivity contribution is 8.00. The van der Waals surface area contributed by atoms with E-state index in [0.29, 0.717) is 12.1 Å². The van der Waals surface area contributed by atoms with E-state index in [4.69, 9.17) is 4.98 Å². The molecule has 0 unspecified atom stereocenters. The summed E-state index contributed by atoms with van der Waals surface area (Å²) in [5, 5.41) is 14.0. The quantitative estimate of drug-likeness (QED) is 0.577. The molecule has 0 aliphatic carbocycles. The van der Waals surface area contributed by atoms with Gasteiger partial charge in [0.15, 0.2) is 9.99 Å². The molecule has 7 heteroatoms. The molecule has 116 valence electrons. The van der Waals surface area contributed by atoms with Crippen molar-refractivity contribution >= 4 is 39.0 Å². The van der Waals surface area contributed by atoms with Crippen molar-refractivity contribution in [1.82, 2.24) is 19.6 Å². The molecule has 4 rings (SSSR count). The third kappa shape index (κ3) is 2.50. The second kappa shape index (κ2) is 5.92. The Balaban J connectivity index is 1.86. The summed E-state index contributed by atoms with van der Waals surface area (Å²) in [6.45, 7) is -0.0954. The first-order valence-electron chi connectivity index (χ1n) is 7.15. The average Bonchev–Trinajstić information content (AvgIpc) is 3.16. The lowest BCUT2D eigenvalue weighted by atomic mass is 10.1. The molecular weight excluding hydrogens is 328 g/mol. The van der Waals surface area contributed by atoms with Gasteiger partial charge in [-0.15, -0.1) is 11.3 Å². The van der Waals surface area contributed by atoms with Crippen LogP contribution in [0.15, 0.2) is 40.9 Å². The van der Waals surface area contributed by atoms with Gasteiger partial charge in [0.2, 0.25) is 0 Å². The summed E-state index contributed by atoms with van der Waals surface area (Å²) in [6, 6.07) is 9.96. The minimum atomic E-state index is -0.0954. The van der Waals surface area contributed by atoms with Gasteiger partial charge < -0.3 is 5.11 Å². The fourth-order valence-corrected chi connectivity index (χ4v) is 4.21. The second-order valence-corrected chi connectivity index (χ2v) is 7.17. The van der Waals surface area contributed by atoms with Crippen LogP contribution in [0.25, 0.3) is 15.9 Å². The molecule has 0 amide bonds. The number of thioether (sulfide) groups is 1. The Hall–Kier alpha value is -1.96. The molecular formula is C16H14N4OS2. The summed E-state index contributed by atoms with van der Waals surface area (Å²) >= 11 is 3.36. The lowest BCUT2D eigenvalue weighted by Crippen LogP contribution is -2.01. The molecule has 0 aliphatic rings. The summed E-state index contributed by atoms with van der Waals surface area (Å²) in [6.07, 6.45) is 4.41. The van der Waals surface area contributed by atoms with Gasteiger partial charge in [0, 0.05) is 12.6 Å². The van der Waals surface area contributed by atoms with Crippen molar-refractivity contribution in [1.29, 1.82) is 0 Å². The largest absolute Gasteiger partial charge is 0.390 e. The van der Waals surface area contributed by atoms with Crippen LogP contribution in [0.5, 0.6) is 0 Å². The van der Waals surface area contributed by atoms with E-state index < -0.39 is 0 Å². The summed E-state index contributed by atoms with van der Waals surface area (Å²) < 4.78 is 4.04. The Labute approximate surface area is 141 Å². The van der Waals surface area contributed by atoms with Gasteiger partial charge in [-0.05, 0) is 30.0 Å². The number of hydrogen-bond acceptors (Lipinski definition) is 6. The fraction of sp³-hybridized carbons (Fsp3) is 0.188. The highest BCUT2D eigenvalue weighted by atomic mass is 32.2. The maximum atomic E-state index is 9.63. The maximum Gasteiger partial charge on any atom is 0.154 e. The molecule has 0 saturated heterocycles. The normalized spacial score (nSPS) is 11.6. The van der Waals surface area contributed by atoms with Gasteiger partial charge in [0.1, 0.15) is 0 Å². The van der Waals surface area contributed by atoms with Crippen molar-refractivity contribution in [3.05, 3.63) is 53.5 Å². The number of aliphatic hydroxyl groups excluding tert-OH is 1. The first-order chi connectivity index (χ1) is 11.3. The number of fused-ring (bicyclic) bond motifs is 2. The van der Waals surface area contributed by atoms with Crippen molar-refractivity contribution in [3.63, 3.8) is 0 Å². The summed E-state index contributed by atoms with van der Waals surface area (Å²) in [5.41, 5.74) is 4.48. The molecule has 0 bridgehead atoms. The number of para-hydroxylation sites is 1. The summed E-state index contributed by atoms with van der Waals surface area (Å²) in [5.74, 6) is 0. The third-order valence-corrected chi connectivity index (χ3v) is 5.74. The number of benzene rings is 1. The molecule has 0 fully saturated rings. The van der Waals surface area contributed by atoms with Crippen LogP contribution < -0.4 is 0 Å². The number of imidazole rings is 1. The Kier molecular flexibility index (Phi) is 3.76. The molecule has 0 atom stereocenters. The van der Waals surface area contributed by atoms with Crippen LogP contribution in [-0.4, -0.2) is 30.9 Å². The van der Waals surface area contributed by atoms with Crippen LogP contribution in [0.2, 0.25) is 0 Å². The number of hydrogen-bond donors (Lipinski definition) is 1. The van der Waals surface area contributed by atoms with Gasteiger partial charge >= 0.3 is 0 Å². The molecule has 1 N–H and O–H groups in total. The number of aromatic nitrogens is 4. The molecule has 3 aromatic heterocycles. The van der Waals surface area contributed by atoms with Gasteiger partial charge in [-0.25, -0.2) is 14.5 Å². The van der Waals surface area contributed by atoms with Gasteiger partial charge in [0.05, 0.1) is 28.2 Å². The zero-order valence-electron chi connectivity index (χ0n) is 12.4. The lowest BCUT2D eigenvalue weighted by Gasteiger charge is -2.04. The van der Waals surface area contributed by atoms with Crippen LogP contribution in [0.1, 0.15) is 17.0 Å². The predicted molar refractivity (Wildman–Crippen MR) is 93.1 cm³/mol. The smallest absolute Gasteiger partial charge is 0.154 e. The molecule has 23 heavy (non-hydrogen) atoms. The van der Waals surface area contributed by atoms with E-state index in [0.717, 1.165) is 26.8 Å². The first-order valence-corrected chi connectivity index (χ1v) is 9.19. The number of nitrogens with zero attached hydrogens (tertiary/aromatic N) is 4. The van der Waals surface area contributed by atoms with Crippen LogP contribution in [0.4, 0.5) is 0 Å². The maximum absolute atomic E-state index is 9.63. The van der Waals surface area contributed by atoms with E-state index in [-0.39, 0.29) is 6.61 Å². The number of thiazole rings is 1. The fourth-order valence-electron chi connectivity index (χ4n) is 2.68. The van der Waals surface area contributed by atoms with Crippen LogP contribution in [0.3, 0.4) is 0 Å². The van der Waals surface area contributed by atoms with Crippen LogP contribution >= 0.6 is 23.1 Å². The Morgan fingerprint density at radius 1 is 1.22 bits per heavy atom. The van der Waals surface area contributed by atoms with Gasteiger partial charge in [-0.2, -0.15) is 5.10 Å². The Morgan fingerprint density at radius 3 is 2.96 bits per heavy atom. The molecule has 3 heterocycles. The molecule has 4 aromatic rings. The highest BCUT2D eigenvalue weighted by Crippen LogP contribution is 2.31. The molecule has 1 aromatic carbocycles. The van der Waals surface area contributed by atoms with Gasteiger partial charge in [-0.3, -0.25) is 0 Å². The van der Waals surface area contributed by atoms with E-state index >= 15 is 0 Å². The number of rotatable bonds is 4. The van der Waals surface area contributed by atoms with E-state index in [2.05, 4.69) is 28.3 Å². The first kappa shape index (κ1) is 14.6. The average molecular weight is 342 g/mol. The van der Waals surface area contributed by atoms with Crippen molar-refractivity contribution in [2.24, 2.45) is 0 Å². The predicted octanol–water partition coefficient (Wildman–Crippen LogP) is 3.14. The molecule has 0 aliphatic heterocycles. The molecule has 0 saturated carbocycles. The van der Waals surface area contributed by atoms with Crippen molar-refractivity contribution in [2.75, 3.05) is 6.26 Å². The standard InChI is InChI=1S/C16H14N4OS2/c1-22-16-19-15-10(4-2-5-13(15)23-16)8-12-11(9-21)18-14-6-3-7-17-20(12)14/h2-7,21H,8-9H2,1H3. The zero-order chi connectivity index (χ0) is 15.8. The van der Waals surface area contributed by atoms with Crippen LogP contribution in [-0.2, 0) is 13.0 Å². The van der Waals surface area contributed by atoms with Crippen molar-refractivity contribution < 1.29 is 5.11 Å². The highest BCUT2D eigenvalue weighted by Gasteiger charge is 2.15. The molecule has 0 spiro atoms. The third-order valence-electron chi connectivity index (χ3n) is 3.73. The van der Waals surface area contributed by atoms with Gasteiger partial charge in [0.25, 0.3) is 0 Å². The minimum absolute atomic E-state index is 0.0954. The summed E-state index contributed by atoms with van der Waals surface area (Å²) in [4.78, 5) is 9.17. The topological polar surface area (TPSA) is 63.3 Å². The van der Waals surface area contributed by atoms with E-state index in [1.807, 2.05) is 18.4 Å². The summed E-state index contributed by atoms with van der Waals surface area (Å²) in [7, 11) is 0. The molecule has 0 radical (unpaired) electrons. The van der Waals surface area contributed by atoms with Crippen molar-refractivity contribution in [3.8, 4) is 0 Å². The Bertz CT molecular complexity index is 992. The van der Waals surface area contributed by atoms with E-state index in [9.17, 15) is 5.11 Å². The SMILES string of the molecule is CSc1nc2c(Cc3c(CO)nc4cccnn34)cccc2s1. The molecule has 5 nitrogen and oxygen atoms in total. The number of aliphatic hydroxyl groups is 1. The zero-order valence-corrected chi connectivity index (χ0v) is 14.1. The second-order valence-electron chi connectivity index (χ2n) is 5.08. The van der Waals surface area contributed by atoms with Crippen LogP contribution in [0, 0.1) is 0 Å². The van der Waals surface area contributed by atoms with E-state index in [1.54, 1.807) is 33.8 Å². The Morgan fingerprint density at radius 2 is 2.13 bits per heavy atom.